The van der Waals surface area contributed by atoms with Crippen molar-refractivity contribution in [3.63, 3.8) is 0 Å². The number of anilines is 2. The quantitative estimate of drug-likeness (QED) is 0.790. The zero-order valence-corrected chi connectivity index (χ0v) is 12.3. The average molecular weight is 315 g/mol. The van der Waals surface area contributed by atoms with E-state index in [9.17, 15) is 8.78 Å². The summed E-state index contributed by atoms with van der Waals surface area (Å²) < 4.78 is 29.2. The Kier molecular flexibility index (Phi) is 3.14. The van der Waals surface area contributed by atoms with Crippen LogP contribution in [0.1, 0.15) is 24.4 Å². The number of hydrogen-bond acceptors (Lipinski definition) is 4. The summed E-state index contributed by atoms with van der Waals surface area (Å²) in [6, 6.07) is 5.16. The molecule has 0 saturated carbocycles. The maximum atomic E-state index is 14.1. The van der Waals surface area contributed by atoms with Crippen molar-refractivity contribution in [1.82, 2.24) is 14.6 Å². The number of nitrogens with zero attached hydrogens (tertiary/aromatic N) is 4. The van der Waals surface area contributed by atoms with E-state index < -0.39 is 11.6 Å². The molecule has 7 heteroatoms. The second-order valence-corrected chi connectivity index (χ2v) is 5.67. The minimum absolute atomic E-state index is 0.232. The van der Waals surface area contributed by atoms with Gasteiger partial charge in [0.2, 0.25) is 0 Å². The summed E-state index contributed by atoms with van der Waals surface area (Å²) in [5.74, 6) is -0.138. The molecule has 1 fully saturated rings. The van der Waals surface area contributed by atoms with E-state index in [0.717, 1.165) is 25.5 Å². The predicted molar refractivity (Wildman–Crippen MR) is 83.1 cm³/mol. The van der Waals surface area contributed by atoms with E-state index in [4.69, 9.17) is 5.73 Å². The standard InChI is InChI=1S/C16H15F2N5/c17-10-3-4-12(18)11(8-10)14-2-1-6-22(14)15-5-7-23-16(21-15)13(19)9-20-23/h3-5,7-9,14H,1-2,6,19H2/t14-/m0/s1. The van der Waals surface area contributed by atoms with Crippen molar-refractivity contribution in [2.24, 2.45) is 0 Å². The van der Waals surface area contributed by atoms with Gasteiger partial charge >= 0.3 is 0 Å². The van der Waals surface area contributed by atoms with E-state index >= 15 is 0 Å². The van der Waals surface area contributed by atoms with E-state index in [1.54, 1.807) is 16.9 Å². The Labute approximate surface area is 131 Å². The van der Waals surface area contributed by atoms with E-state index in [2.05, 4.69) is 10.1 Å². The molecule has 0 amide bonds. The molecule has 0 aliphatic carbocycles. The first-order chi connectivity index (χ1) is 11.1. The summed E-state index contributed by atoms with van der Waals surface area (Å²) in [6.07, 6.45) is 4.95. The number of aromatic nitrogens is 3. The summed E-state index contributed by atoms with van der Waals surface area (Å²) in [4.78, 5) is 6.52. The normalized spacial score (nSPS) is 18.0. The Bertz CT molecular complexity index is 876. The molecule has 0 unspecified atom stereocenters. The summed E-state index contributed by atoms with van der Waals surface area (Å²) in [5, 5.41) is 4.09. The minimum Gasteiger partial charge on any atom is -0.394 e. The number of benzene rings is 1. The van der Waals surface area contributed by atoms with Gasteiger partial charge in [0.05, 0.1) is 17.9 Å². The zero-order valence-electron chi connectivity index (χ0n) is 12.3. The van der Waals surface area contributed by atoms with Gasteiger partial charge < -0.3 is 10.6 Å². The number of fused-ring (bicyclic) bond motifs is 1. The molecule has 23 heavy (non-hydrogen) atoms. The van der Waals surface area contributed by atoms with Crippen LogP contribution in [0.4, 0.5) is 20.3 Å². The zero-order chi connectivity index (χ0) is 16.0. The Morgan fingerprint density at radius 2 is 2.09 bits per heavy atom. The number of nitrogens with two attached hydrogens (primary N) is 1. The van der Waals surface area contributed by atoms with Crippen molar-refractivity contribution in [3.05, 3.63) is 53.9 Å². The summed E-state index contributed by atoms with van der Waals surface area (Å²) in [6.45, 7) is 0.734. The molecule has 2 aromatic heterocycles. The molecular formula is C16H15F2N5. The van der Waals surface area contributed by atoms with E-state index in [0.29, 0.717) is 22.7 Å². The number of hydrogen-bond donors (Lipinski definition) is 1. The summed E-state index contributed by atoms with van der Waals surface area (Å²) >= 11 is 0. The summed E-state index contributed by atoms with van der Waals surface area (Å²) in [5.41, 5.74) is 7.27. The van der Waals surface area contributed by atoms with Crippen LogP contribution in [0.15, 0.2) is 36.7 Å². The second kappa shape index (κ2) is 5.19. The fraction of sp³-hybridized carbons (Fsp3) is 0.250. The SMILES string of the molecule is Nc1cnn2ccc(N3CCC[C@H]3c3cc(F)ccc3F)nc12. The topological polar surface area (TPSA) is 59.4 Å². The van der Waals surface area contributed by atoms with Crippen LogP contribution < -0.4 is 10.6 Å². The van der Waals surface area contributed by atoms with Gasteiger partial charge in [-0.1, -0.05) is 0 Å². The third-order valence-electron chi connectivity index (χ3n) is 4.25. The highest BCUT2D eigenvalue weighted by molar-refractivity contribution is 5.65. The monoisotopic (exact) mass is 315 g/mol. The lowest BCUT2D eigenvalue weighted by Crippen LogP contribution is -2.24. The molecule has 118 valence electrons. The van der Waals surface area contributed by atoms with Crippen LogP contribution in [0.25, 0.3) is 5.65 Å². The Morgan fingerprint density at radius 3 is 2.96 bits per heavy atom. The first kappa shape index (κ1) is 13.9. The molecule has 1 saturated heterocycles. The van der Waals surface area contributed by atoms with Crippen LogP contribution in [0, 0.1) is 11.6 Å². The van der Waals surface area contributed by atoms with Crippen LogP contribution in [0.2, 0.25) is 0 Å². The van der Waals surface area contributed by atoms with Crippen LogP contribution in [-0.2, 0) is 0 Å². The average Bonchev–Trinajstić information content (AvgIpc) is 3.17. The number of nitrogen functional groups attached to an aromatic ring is 1. The van der Waals surface area contributed by atoms with Crippen molar-refractivity contribution in [3.8, 4) is 0 Å². The van der Waals surface area contributed by atoms with Gasteiger partial charge in [0.15, 0.2) is 5.65 Å². The molecule has 2 N–H and O–H groups in total. The third kappa shape index (κ3) is 2.28. The Balaban J connectivity index is 1.76. The fourth-order valence-electron chi connectivity index (χ4n) is 3.17. The smallest absolute Gasteiger partial charge is 0.180 e. The maximum absolute atomic E-state index is 14.1. The van der Waals surface area contributed by atoms with Gasteiger partial charge in [-0.2, -0.15) is 5.10 Å². The molecule has 5 nitrogen and oxygen atoms in total. The van der Waals surface area contributed by atoms with Crippen LogP contribution in [0.3, 0.4) is 0 Å². The maximum Gasteiger partial charge on any atom is 0.180 e. The lowest BCUT2D eigenvalue weighted by atomic mass is 10.0. The molecule has 0 radical (unpaired) electrons. The van der Waals surface area contributed by atoms with E-state index in [1.807, 2.05) is 11.0 Å². The van der Waals surface area contributed by atoms with Gasteiger partial charge in [0, 0.05) is 18.3 Å². The van der Waals surface area contributed by atoms with Gasteiger partial charge in [0.1, 0.15) is 17.5 Å². The molecule has 1 atom stereocenters. The molecule has 1 aliphatic heterocycles. The highest BCUT2D eigenvalue weighted by Gasteiger charge is 2.29. The molecule has 4 rings (SSSR count). The first-order valence-corrected chi connectivity index (χ1v) is 7.45. The van der Waals surface area contributed by atoms with Crippen molar-refractivity contribution < 1.29 is 8.78 Å². The molecular weight excluding hydrogens is 300 g/mol. The molecule has 3 aromatic rings. The largest absolute Gasteiger partial charge is 0.394 e. The first-order valence-electron chi connectivity index (χ1n) is 7.45. The van der Waals surface area contributed by atoms with Crippen molar-refractivity contribution in [2.75, 3.05) is 17.2 Å². The Morgan fingerprint density at radius 1 is 1.22 bits per heavy atom. The van der Waals surface area contributed by atoms with E-state index in [1.165, 1.54) is 12.1 Å². The second-order valence-electron chi connectivity index (χ2n) is 5.67. The van der Waals surface area contributed by atoms with Crippen molar-refractivity contribution in [1.29, 1.82) is 0 Å². The van der Waals surface area contributed by atoms with Crippen molar-refractivity contribution >= 4 is 17.2 Å². The van der Waals surface area contributed by atoms with Gasteiger partial charge in [-0.15, -0.1) is 0 Å². The number of rotatable bonds is 2. The molecule has 3 heterocycles. The molecule has 0 spiro atoms. The fourth-order valence-corrected chi connectivity index (χ4v) is 3.17. The molecule has 1 aromatic carbocycles. The molecule has 1 aliphatic rings. The molecule has 0 bridgehead atoms. The van der Waals surface area contributed by atoms with Crippen LogP contribution in [0.5, 0.6) is 0 Å². The van der Waals surface area contributed by atoms with Gasteiger partial charge in [-0.3, -0.25) is 0 Å². The number of halogens is 2. The van der Waals surface area contributed by atoms with E-state index in [-0.39, 0.29) is 6.04 Å². The van der Waals surface area contributed by atoms with Crippen LogP contribution >= 0.6 is 0 Å². The minimum atomic E-state index is -0.434. The Hall–Kier alpha value is -2.70. The lowest BCUT2D eigenvalue weighted by molar-refractivity contribution is 0.560. The predicted octanol–water partition coefficient (Wildman–Crippen LogP) is 2.93. The van der Waals surface area contributed by atoms with Gasteiger partial charge in [-0.25, -0.2) is 18.3 Å². The highest BCUT2D eigenvalue weighted by Crippen LogP contribution is 2.36. The lowest BCUT2D eigenvalue weighted by Gasteiger charge is -2.26. The van der Waals surface area contributed by atoms with Gasteiger partial charge in [-0.05, 0) is 37.1 Å². The summed E-state index contributed by atoms with van der Waals surface area (Å²) in [7, 11) is 0. The van der Waals surface area contributed by atoms with Gasteiger partial charge in [0.25, 0.3) is 0 Å². The third-order valence-corrected chi connectivity index (χ3v) is 4.25. The highest BCUT2D eigenvalue weighted by atomic mass is 19.1. The van der Waals surface area contributed by atoms with Crippen LogP contribution in [-0.4, -0.2) is 21.1 Å². The van der Waals surface area contributed by atoms with Crippen molar-refractivity contribution in [2.45, 2.75) is 18.9 Å².